The molecule has 2 nitrogen and oxygen atoms in total. The van der Waals surface area contributed by atoms with Crippen LogP contribution in [0.5, 0.6) is 5.75 Å². The molecule has 0 spiro atoms. The summed E-state index contributed by atoms with van der Waals surface area (Å²) in [6.07, 6.45) is 5.18. The lowest BCUT2D eigenvalue weighted by Crippen LogP contribution is -2.40. The minimum absolute atomic E-state index is 0.720. The van der Waals surface area contributed by atoms with Gasteiger partial charge in [0.15, 0.2) is 0 Å². The van der Waals surface area contributed by atoms with E-state index in [0.717, 1.165) is 23.6 Å². The Morgan fingerprint density at radius 2 is 2.11 bits per heavy atom. The van der Waals surface area contributed by atoms with Gasteiger partial charge in [0.1, 0.15) is 5.75 Å². The third kappa shape index (κ3) is 4.24. The van der Waals surface area contributed by atoms with E-state index in [1.165, 1.54) is 37.8 Å². The molecule has 19 heavy (non-hydrogen) atoms. The summed E-state index contributed by atoms with van der Waals surface area (Å²) in [6, 6.07) is 9.24. The third-order valence-electron chi connectivity index (χ3n) is 4.09. The average molecular weight is 261 g/mol. The molecule has 1 saturated carbocycles. The highest BCUT2D eigenvalue weighted by Gasteiger charge is 2.29. The van der Waals surface area contributed by atoms with Crippen LogP contribution in [-0.2, 0) is 0 Å². The molecule has 1 aromatic carbocycles. The Bertz CT molecular complexity index is 383. The maximum atomic E-state index is 5.29. The number of ether oxygens (including phenoxy) is 1. The smallest absolute Gasteiger partial charge is 0.119 e. The standard InChI is InChI=1S/C17H27NO/c1-13(2)6-5-9-18-16-10-15(11-16)14-7-4-8-17(12-14)19-3/h4,7-8,12-13,15-16,18H,5-6,9-11H2,1-3H3. The summed E-state index contributed by atoms with van der Waals surface area (Å²) in [5, 5.41) is 3.67. The maximum absolute atomic E-state index is 5.29. The molecule has 0 saturated heterocycles. The van der Waals surface area contributed by atoms with Gasteiger partial charge in [-0.2, -0.15) is 0 Å². The van der Waals surface area contributed by atoms with E-state index in [9.17, 15) is 0 Å². The fourth-order valence-corrected chi connectivity index (χ4v) is 2.77. The summed E-state index contributed by atoms with van der Waals surface area (Å²) in [4.78, 5) is 0. The molecule has 2 heteroatoms. The van der Waals surface area contributed by atoms with Crippen LogP contribution in [0.25, 0.3) is 0 Å². The predicted molar refractivity (Wildman–Crippen MR) is 80.8 cm³/mol. The Labute approximate surface area is 117 Å². The van der Waals surface area contributed by atoms with Crippen LogP contribution >= 0.6 is 0 Å². The summed E-state index contributed by atoms with van der Waals surface area (Å²) < 4.78 is 5.29. The highest BCUT2D eigenvalue weighted by atomic mass is 16.5. The van der Waals surface area contributed by atoms with Crippen molar-refractivity contribution in [3.63, 3.8) is 0 Å². The molecule has 1 fully saturated rings. The number of rotatable bonds is 7. The molecule has 0 unspecified atom stereocenters. The van der Waals surface area contributed by atoms with Gasteiger partial charge >= 0.3 is 0 Å². The zero-order valence-electron chi connectivity index (χ0n) is 12.5. The van der Waals surface area contributed by atoms with Gasteiger partial charge in [-0.05, 0) is 61.8 Å². The molecule has 1 N–H and O–H groups in total. The first-order valence-electron chi connectivity index (χ1n) is 7.56. The molecular formula is C17H27NO. The largest absolute Gasteiger partial charge is 0.497 e. The summed E-state index contributed by atoms with van der Waals surface area (Å²) in [5.41, 5.74) is 1.43. The van der Waals surface area contributed by atoms with Crippen LogP contribution in [0.4, 0.5) is 0 Å². The van der Waals surface area contributed by atoms with Crippen molar-refractivity contribution in [2.45, 2.75) is 51.5 Å². The van der Waals surface area contributed by atoms with E-state index in [1.54, 1.807) is 7.11 Å². The summed E-state index contributed by atoms with van der Waals surface area (Å²) in [6.45, 7) is 5.76. The molecule has 1 aliphatic carbocycles. The van der Waals surface area contributed by atoms with Crippen molar-refractivity contribution in [3.05, 3.63) is 29.8 Å². The van der Waals surface area contributed by atoms with Crippen molar-refractivity contribution in [1.29, 1.82) is 0 Å². The first-order valence-corrected chi connectivity index (χ1v) is 7.56. The third-order valence-corrected chi connectivity index (χ3v) is 4.09. The minimum Gasteiger partial charge on any atom is -0.497 e. The van der Waals surface area contributed by atoms with Gasteiger partial charge in [0.05, 0.1) is 7.11 Å². The van der Waals surface area contributed by atoms with Gasteiger partial charge in [-0.15, -0.1) is 0 Å². The second-order valence-corrected chi connectivity index (χ2v) is 6.13. The molecule has 0 atom stereocenters. The predicted octanol–water partition coefficient (Wildman–Crippen LogP) is 3.97. The molecule has 0 radical (unpaired) electrons. The van der Waals surface area contributed by atoms with Gasteiger partial charge in [0.25, 0.3) is 0 Å². The molecule has 0 aliphatic heterocycles. The summed E-state index contributed by atoms with van der Waals surface area (Å²) in [5.74, 6) is 2.52. The van der Waals surface area contributed by atoms with Gasteiger partial charge in [-0.25, -0.2) is 0 Å². The first kappa shape index (κ1) is 14.4. The minimum atomic E-state index is 0.720. The van der Waals surface area contributed by atoms with E-state index in [0.29, 0.717) is 0 Å². The van der Waals surface area contributed by atoms with Crippen molar-refractivity contribution < 1.29 is 4.74 Å². The van der Waals surface area contributed by atoms with Crippen LogP contribution in [0, 0.1) is 5.92 Å². The quantitative estimate of drug-likeness (QED) is 0.750. The van der Waals surface area contributed by atoms with Crippen LogP contribution in [0.3, 0.4) is 0 Å². The lowest BCUT2D eigenvalue weighted by Gasteiger charge is -2.36. The van der Waals surface area contributed by atoms with Crippen molar-refractivity contribution in [3.8, 4) is 5.75 Å². The van der Waals surface area contributed by atoms with Gasteiger partial charge in [0, 0.05) is 6.04 Å². The highest BCUT2D eigenvalue weighted by molar-refractivity contribution is 5.32. The fourth-order valence-electron chi connectivity index (χ4n) is 2.77. The molecule has 0 heterocycles. The first-order chi connectivity index (χ1) is 9.19. The van der Waals surface area contributed by atoms with E-state index < -0.39 is 0 Å². The van der Waals surface area contributed by atoms with Crippen molar-refractivity contribution in [2.24, 2.45) is 5.92 Å². The second kappa shape index (κ2) is 6.95. The molecule has 2 rings (SSSR count). The lowest BCUT2D eigenvalue weighted by atomic mass is 9.76. The Hall–Kier alpha value is -1.02. The van der Waals surface area contributed by atoms with Gasteiger partial charge < -0.3 is 10.1 Å². The maximum Gasteiger partial charge on any atom is 0.119 e. The highest BCUT2D eigenvalue weighted by Crippen LogP contribution is 2.37. The second-order valence-electron chi connectivity index (χ2n) is 6.13. The Morgan fingerprint density at radius 1 is 1.32 bits per heavy atom. The van der Waals surface area contributed by atoms with Crippen LogP contribution in [0.1, 0.15) is 51.0 Å². The number of hydrogen-bond acceptors (Lipinski definition) is 2. The SMILES string of the molecule is COc1cccc(C2CC(NCCCC(C)C)C2)c1. The van der Waals surface area contributed by atoms with Gasteiger partial charge in [-0.3, -0.25) is 0 Å². The Balaban J connectivity index is 1.68. The zero-order valence-corrected chi connectivity index (χ0v) is 12.5. The molecule has 0 bridgehead atoms. The zero-order chi connectivity index (χ0) is 13.7. The van der Waals surface area contributed by atoms with Gasteiger partial charge in [0.2, 0.25) is 0 Å². The average Bonchev–Trinajstić information content (AvgIpc) is 2.36. The molecule has 0 amide bonds. The van der Waals surface area contributed by atoms with E-state index in [4.69, 9.17) is 4.74 Å². The van der Waals surface area contributed by atoms with Crippen molar-refractivity contribution >= 4 is 0 Å². The Morgan fingerprint density at radius 3 is 2.79 bits per heavy atom. The normalized spacial score (nSPS) is 22.3. The molecule has 106 valence electrons. The molecule has 0 aromatic heterocycles. The van der Waals surface area contributed by atoms with Gasteiger partial charge in [-0.1, -0.05) is 26.0 Å². The van der Waals surface area contributed by atoms with E-state index in [2.05, 4.69) is 37.4 Å². The summed E-state index contributed by atoms with van der Waals surface area (Å²) in [7, 11) is 1.74. The monoisotopic (exact) mass is 261 g/mol. The van der Waals surface area contributed by atoms with Crippen LogP contribution in [0.2, 0.25) is 0 Å². The molecular weight excluding hydrogens is 234 g/mol. The van der Waals surface area contributed by atoms with E-state index in [1.807, 2.05) is 6.07 Å². The Kier molecular flexibility index (Phi) is 5.26. The molecule has 1 aliphatic rings. The fraction of sp³-hybridized carbons (Fsp3) is 0.647. The van der Waals surface area contributed by atoms with Crippen molar-refractivity contribution in [2.75, 3.05) is 13.7 Å². The summed E-state index contributed by atoms with van der Waals surface area (Å²) >= 11 is 0. The number of benzene rings is 1. The topological polar surface area (TPSA) is 21.3 Å². The number of methoxy groups -OCH3 is 1. The van der Waals surface area contributed by atoms with Crippen molar-refractivity contribution in [1.82, 2.24) is 5.32 Å². The number of hydrogen-bond donors (Lipinski definition) is 1. The van der Waals surface area contributed by atoms with E-state index in [-0.39, 0.29) is 0 Å². The molecule has 1 aromatic rings. The van der Waals surface area contributed by atoms with E-state index >= 15 is 0 Å². The van der Waals surface area contributed by atoms with Crippen LogP contribution < -0.4 is 10.1 Å². The number of nitrogens with one attached hydrogen (secondary N) is 1. The lowest BCUT2D eigenvalue weighted by molar-refractivity contribution is 0.287. The van der Waals surface area contributed by atoms with Crippen LogP contribution in [0.15, 0.2) is 24.3 Å². The van der Waals surface area contributed by atoms with Crippen LogP contribution in [-0.4, -0.2) is 19.7 Å².